The van der Waals surface area contributed by atoms with Gasteiger partial charge in [-0.15, -0.1) is 0 Å². The van der Waals surface area contributed by atoms with E-state index >= 15 is 3.50 Å². The Hall–Kier alpha value is 0.716. The second-order valence-corrected chi connectivity index (χ2v) is 52.3. The first-order chi connectivity index (χ1) is 10.2. The van der Waals surface area contributed by atoms with Crippen molar-refractivity contribution < 1.29 is 20.6 Å². The van der Waals surface area contributed by atoms with E-state index in [1.54, 1.807) is 0 Å². The van der Waals surface area contributed by atoms with Crippen molar-refractivity contribution in [1.82, 2.24) is 8.53 Å². The third kappa shape index (κ3) is 2.42. The van der Waals surface area contributed by atoms with Gasteiger partial charge in [-0.2, -0.15) is 0 Å². The average molecular weight is 452 g/mol. The molecule has 6 heteroatoms. The van der Waals surface area contributed by atoms with Crippen molar-refractivity contribution in [1.29, 1.82) is 0 Å². The molecule has 0 atom stereocenters. The minimum atomic E-state index is -4.31. The average Bonchev–Trinajstić information content (AvgIpc) is 3.00. The zero-order chi connectivity index (χ0) is 17.2. The fraction of sp³-hybridized carbons (Fsp3) is 0.750. The van der Waals surface area contributed by atoms with E-state index in [1.807, 2.05) is 11.5 Å². The molecule has 0 aromatic carbocycles. The minimum absolute atomic E-state index is 0.899. The third-order valence-electron chi connectivity index (χ3n) is 6.05. The van der Waals surface area contributed by atoms with Crippen LogP contribution < -0.4 is 0 Å². The molecule has 0 heterocycles. The van der Waals surface area contributed by atoms with Gasteiger partial charge < -0.3 is 0 Å². The van der Waals surface area contributed by atoms with Crippen molar-refractivity contribution in [3.8, 4) is 0 Å². The summed E-state index contributed by atoms with van der Waals surface area (Å²) in [5, 5.41) is 0. The van der Waals surface area contributed by atoms with Crippen LogP contribution in [0.25, 0.3) is 0 Å². The molecule has 0 unspecified atom stereocenters. The van der Waals surface area contributed by atoms with Gasteiger partial charge in [0, 0.05) is 0 Å². The fourth-order valence-electron chi connectivity index (χ4n) is 5.04. The summed E-state index contributed by atoms with van der Waals surface area (Å²) in [6.07, 6.45) is 7.49. The molecule has 3 nitrogen and oxygen atoms in total. The van der Waals surface area contributed by atoms with Crippen molar-refractivity contribution in [2.75, 3.05) is 40.8 Å². The molecule has 0 amide bonds. The van der Waals surface area contributed by atoms with E-state index in [4.69, 9.17) is 0 Å². The Labute approximate surface area is 139 Å². The van der Waals surface area contributed by atoms with Crippen molar-refractivity contribution in [3.63, 3.8) is 0 Å². The Morgan fingerprint density at radius 2 is 1.41 bits per heavy atom. The first-order valence-corrected chi connectivity index (χ1v) is 25.4. The van der Waals surface area contributed by atoms with Crippen LogP contribution in [0.3, 0.4) is 0 Å². The second-order valence-electron chi connectivity index (χ2n) is 6.93. The Balaban J connectivity index is 3.92. The molecule has 0 N–H and O–H groups in total. The summed E-state index contributed by atoms with van der Waals surface area (Å²) in [5.41, 5.74) is 0. The molecule has 0 aromatic rings. The van der Waals surface area contributed by atoms with Crippen LogP contribution in [-0.2, 0) is 17.1 Å². The van der Waals surface area contributed by atoms with Gasteiger partial charge in [-0.05, 0) is 0 Å². The molecule has 0 spiro atoms. The first kappa shape index (κ1) is 20.8. The molecule has 0 fully saturated rings. The zero-order valence-electron chi connectivity index (χ0n) is 15.8. The molecule has 0 saturated carbocycles. The van der Waals surface area contributed by atoms with Crippen LogP contribution in [0.1, 0.15) is 27.2 Å². The van der Waals surface area contributed by atoms with Gasteiger partial charge in [0.15, 0.2) is 0 Å². The summed E-state index contributed by atoms with van der Waals surface area (Å²) >= 11 is -4.31. The molecule has 0 bridgehead atoms. The number of hydrogen-bond donors (Lipinski definition) is 0. The van der Waals surface area contributed by atoms with Crippen molar-refractivity contribution >= 4 is 9.94 Å². The van der Waals surface area contributed by atoms with E-state index in [0.29, 0.717) is 0 Å². The number of hydrogen-bond acceptors (Lipinski definition) is 3. The van der Waals surface area contributed by atoms with Crippen LogP contribution in [0, 0.1) is 0 Å². The fourth-order valence-corrected chi connectivity index (χ4v) is 79.6. The zero-order valence-corrected chi connectivity index (χ0v) is 20.3. The van der Waals surface area contributed by atoms with Crippen molar-refractivity contribution in [2.24, 2.45) is 0 Å². The van der Waals surface area contributed by atoms with Crippen LogP contribution in [0.15, 0.2) is 21.5 Å². The molecule has 0 aliphatic heterocycles. The number of allylic oxidation sites excluding steroid dienone is 4. The molecule has 129 valence electrons. The summed E-state index contributed by atoms with van der Waals surface area (Å²) in [4.78, 5) is 0. The second kappa shape index (κ2) is 7.31. The first-order valence-electron chi connectivity index (χ1n) is 8.49. The van der Waals surface area contributed by atoms with Gasteiger partial charge in [-0.25, -0.2) is 0 Å². The maximum absolute atomic E-state index is 16.4. The quantitative estimate of drug-likeness (QED) is 0.519. The maximum atomic E-state index is 16.4. The summed E-state index contributed by atoms with van der Waals surface area (Å²) < 4.78 is 25.2. The van der Waals surface area contributed by atoms with E-state index in [0.717, 1.165) is 26.1 Å². The SMILES string of the molecule is CC[N](C)[Zr]([C]1=CC=CC1)([N](C)CC)([N](C)CC)[Ge]([CH3])([CH3])[F]. The monoisotopic (exact) mass is 452 g/mol. The Morgan fingerprint density at radius 1 is 1.00 bits per heavy atom. The Morgan fingerprint density at radius 3 is 1.64 bits per heavy atom. The molecule has 1 aliphatic rings. The van der Waals surface area contributed by atoms with Gasteiger partial charge in [0.05, 0.1) is 0 Å². The van der Waals surface area contributed by atoms with Crippen LogP contribution in [0.4, 0.5) is 3.50 Å². The molecule has 0 saturated heterocycles. The predicted octanol–water partition coefficient (Wildman–Crippen LogP) is 3.79. The van der Waals surface area contributed by atoms with E-state index in [2.05, 4.69) is 68.7 Å². The van der Waals surface area contributed by atoms with Crippen molar-refractivity contribution in [2.45, 2.75) is 38.7 Å². The van der Waals surface area contributed by atoms with Gasteiger partial charge in [0.2, 0.25) is 0 Å². The molecular formula is C16H35FGeN3Zr. The summed E-state index contributed by atoms with van der Waals surface area (Å²) in [5.74, 6) is 3.99. The number of halogens is 1. The Kier molecular flexibility index (Phi) is 6.89. The van der Waals surface area contributed by atoms with Gasteiger partial charge in [0.25, 0.3) is 0 Å². The summed E-state index contributed by atoms with van der Waals surface area (Å²) in [6.45, 7) is 9.23. The number of rotatable bonds is 8. The van der Waals surface area contributed by atoms with Gasteiger partial charge in [-0.1, -0.05) is 0 Å². The third-order valence-corrected chi connectivity index (χ3v) is 73.6. The standard InChI is InChI=1S/C5H5.3C3H8N.C2H6FGe.Zr/c1-2-4-5-3-1;3*1-3-4-2;1-4(2)3;/h1-3H,4H2;3*3H2,1-2H3;1-2H3;/q;3*-1;;+3. The van der Waals surface area contributed by atoms with E-state index in [-0.39, 0.29) is 0 Å². The van der Waals surface area contributed by atoms with E-state index in [1.165, 1.54) is 3.28 Å². The molecule has 1 rings (SSSR count). The normalized spacial score (nSPS) is 18.2. The molecule has 1 aliphatic carbocycles. The topological polar surface area (TPSA) is 9.72 Å². The molecule has 0 radical (unpaired) electrons. The van der Waals surface area contributed by atoms with Crippen LogP contribution in [-0.4, -0.2) is 59.2 Å². The summed E-state index contributed by atoms with van der Waals surface area (Å²) in [6, 6.07) is 0. The van der Waals surface area contributed by atoms with Crippen LogP contribution in [0.5, 0.6) is 0 Å². The molecule has 0 aromatic heterocycles. The van der Waals surface area contributed by atoms with E-state index < -0.39 is 27.1 Å². The summed E-state index contributed by atoms with van der Waals surface area (Å²) in [7, 11) is 2.89. The van der Waals surface area contributed by atoms with Gasteiger partial charge >= 0.3 is 140 Å². The number of nitrogens with zero attached hydrogens (tertiary/aromatic N) is 3. The van der Waals surface area contributed by atoms with E-state index in [9.17, 15) is 0 Å². The molecular weight excluding hydrogens is 417 g/mol. The predicted molar refractivity (Wildman–Crippen MR) is 95.3 cm³/mol. The van der Waals surface area contributed by atoms with Gasteiger partial charge in [0.1, 0.15) is 0 Å². The van der Waals surface area contributed by atoms with Gasteiger partial charge in [-0.3, -0.25) is 0 Å². The Bertz CT molecular complexity index is 430. The van der Waals surface area contributed by atoms with Crippen LogP contribution in [0.2, 0.25) is 11.5 Å². The molecule has 22 heavy (non-hydrogen) atoms. The van der Waals surface area contributed by atoms with Crippen LogP contribution >= 0.6 is 0 Å². The van der Waals surface area contributed by atoms with Crippen molar-refractivity contribution in [3.05, 3.63) is 21.5 Å².